The third kappa shape index (κ3) is 6.33. The van der Waals surface area contributed by atoms with Gasteiger partial charge in [0.25, 0.3) is 0 Å². The zero-order valence-corrected chi connectivity index (χ0v) is 16.7. The smallest absolute Gasteiger partial charge is 0.413 e. The second-order valence-electron chi connectivity index (χ2n) is 5.97. The molecule has 2 aromatic rings. The number of benzene rings is 2. The van der Waals surface area contributed by atoms with Crippen LogP contribution in [0.1, 0.15) is 5.56 Å². The zero-order valence-electron chi connectivity index (χ0n) is 16.7. The molecule has 2 rings (SSSR count). The van der Waals surface area contributed by atoms with E-state index in [2.05, 4.69) is 5.32 Å². The van der Waals surface area contributed by atoms with Crippen LogP contribution in [0.3, 0.4) is 0 Å². The van der Waals surface area contributed by atoms with Gasteiger partial charge in [-0.25, -0.2) is 9.59 Å². The summed E-state index contributed by atoms with van der Waals surface area (Å²) in [4.78, 5) is 35.3. The Morgan fingerprint density at radius 3 is 2.35 bits per heavy atom. The highest BCUT2D eigenvalue weighted by molar-refractivity contribution is 5.83. The van der Waals surface area contributed by atoms with Crippen LogP contribution in [0.5, 0.6) is 17.2 Å². The van der Waals surface area contributed by atoms with Gasteiger partial charge < -0.3 is 24.3 Å². The van der Waals surface area contributed by atoms with Gasteiger partial charge in [-0.2, -0.15) is 5.26 Å². The quantitative estimate of drug-likeness (QED) is 0.360. The van der Waals surface area contributed by atoms with E-state index in [1.165, 1.54) is 14.2 Å². The van der Waals surface area contributed by atoms with Crippen molar-refractivity contribution in [3.8, 4) is 23.3 Å². The van der Waals surface area contributed by atoms with Gasteiger partial charge in [-0.3, -0.25) is 10.1 Å². The Morgan fingerprint density at radius 1 is 1.13 bits per heavy atom. The Kier molecular flexibility index (Phi) is 8.15. The number of amides is 1. The van der Waals surface area contributed by atoms with E-state index < -0.39 is 41.1 Å². The monoisotopic (exact) mass is 429 g/mol. The van der Waals surface area contributed by atoms with E-state index in [9.17, 15) is 19.7 Å². The van der Waals surface area contributed by atoms with Gasteiger partial charge in [0.05, 0.1) is 25.2 Å². The maximum Gasteiger partial charge on any atom is 0.413 e. The number of hydrogen-bond acceptors (Lipinski definition) is 9. The number of nitro benzene ring substituents is 1. The molecule has 0 aliphatic carbocycles. The molecule has 0 saturated carbocycles. The number of ether oxygens (including phenoxy) is 4. The van der Waals surface area contributed by atoms with Crippen molar-refractivity contribution in [3.05, 3.63) is 58.1 Å². The largest absolute Gasteiger partial charge is 0.493 e. The van der Waals surface area contributed by atoms with Gasteiger partial charge >= 0.3 is 17.7 Å². The van der Waals surface area contributed by atoms with Crippen LogP contribution in [0.2, 0.25) is 0 Å². The number of carbonyl (C=O) groups excluding carboxylic acids is 2. The fourth-order valence-electron chi connectivity index (χ4n) is 2.59. The lowest BCUT2D eigenvalue weighted by atomic mass is 10.1. The van der Waals surface area contributed by atoms with Crippen molar-refractivity contribution < 1.29 is 33.5 Å². The number of methoxy groups -OCH3 is 2. The van der Waals surface area contributed by atoms with Crippen molar-refractivity contribution in [1.29, 1.82) is 5.26 Å². The molecular formula is C20H19N3O8. The molecule has 0 spiro atoms. The molecule has 1 amide bonds. The first-order valence-corrected chi connectivity index (χ1v) is 8.85. The summed E-state index contributed by atoms with van der Waals surface area (Å²) in [5, 5.41) is 22.3. The molecule has 0 unspecified atom stereocenters. The van der Waals surface area contributed by atoms with Crippen LogP contribution in [-0.4, -0.2) is 43.9 Å². The molecule has 31 heavy (non-hydrogen) atoms. The first kappa shape index (κ1) is 23.0. The van der Waals surface area contributed by atoms with E-state index in [1.54, 1.807) is 36.4 Å². The second kappa shape index (κ2) is 11.0. The standard InChI is InChI=1S/C20H19N3O8/c1-28-17-11-15(23(26)27)16(12-18(17)29-2)31-20(25)22-14(19(24)30-9-8-21)10-13-6-4-3-5-7-13/h3-7,11-12,14H,9-10H2,1-2H3,(H,22,25)/t14-/m1/s1. The summed E-state index contributed by atoms with van der Waals surface area (Å²) >= 11 is 0. The molecular weight excluding hydrogens is 410 g/mol. The molecule has 0 aromatic heterocycles. The van der Waals surface area contributed by atoms with E-state index in [1.807, 2.05) is 0 Å². The molecule has 162 valence electrons. The van der Waals surface area contributed by atoms with Crippen molar-refractivity contribution in [1.82, 2.24) is 5.32 Å². The van der Waals surface area contributed by atoms with E-state index in [0.29, 0.717) is 5.56 Å². The van der Waals surface area contributed by atoms with Gasteiger partial charge in [0.15, 0.2) is 18.1 Å². The van der Waals surface area contributed by atoms with Crippen molar-refractivity contribution in [2.45, 2.75) is 12.5 Å². The van der Waals surface area contributed by atoms with Crippen molar-refractivity contribution >= 4 is 17.7 Å². The molecule has 1 atom stereocenters. The number of esters is 1. The minimum absolute atomic E-state index is 0.0498. The van der Waals surface area contributed by atoms with E-state index in [0.717, 1.165) is 12.1 Å². The fourth-order valence-corrected chi connectivity index (χ4v) is 2.59. The topological polar surface area (TPSA) is 150 Å². The fraction of sp³-hybridized carbons (Fsp3) is 0.250. The normalized spacial score (nSPS) is 10.9. The summed E-state index contributed by atoms with van der Waals surface area (Å²) in [6, 6.07) is 11.4. The Bertz CT molecular complexity index is 988. The molecule has 0 heterocycles. The molecule has 0 aliphatic rings. The van der Waals surface area contributed by atoms with Gasteiger partial charge in [0.1, 0.15) is 12.1 Å². The lowest BCUT2D eigenvalue weighted by Gasteiger charge is -2.17. The van der Waals surface area contributed by atoms with Crippen LogP contribution in [0.4, 0.5) is 10.5 Å². The number of hydrogen-bond donors (Lipinski definition) is 1. The summed E-state index contributed by atoms with van der Waals surface area (Å²) in [6.45, 7) is -0.498. The Morgan fingerprint density at radius 2 is 1.77 bits per heavy atom. The summed E-state index contributed by atoms with van der Waals surface area (Å²) in [6.07, 6.45) is -1.08. The maximum atomic E-state index is 12.4. The summed E-state index contributed by atoms with van der Waals surface area (Å²) in [5.74, 6) is -1.10. The Labute approximate surface area is 177 Å². The first-order valence-electron chi connectivity index (χ1n) is 8.85. The predicted molar refractivity (Wildman–Crippen MR) is 106 cm³/mol. The third-order valence-corrected chi connectivity index (χ3v) is 4.00. The average molecular weight is 429 g/mol. The molecule has 1 N–H and O–H groups in total. The molecule has 0 bridgehead atoms. The number of nitrogens with one attached hydrogen (secondary N) is 1. The SMILES string of the molecule is COc1cc(OC(=O)N[C@H](Cc2ccccc2)C(=O)OCC#N)c([N+](=O)[O-])cc1OC. The van der Waals surface area contributed by atoms with E-state index in [-0.39, 0.29) is 17.9 Å². The average Bonchev–Trinajstić information content (AvgIpc) is 2.77. The first-order chi connectivity index (χ1) is 14.9. The van der Waals surface area contributed by atoms with Gasteiger partial charge in [-0.05, 0) is 5.56 Å². The number of rotatable bonds is 9. The van der Waals surface area contributed by atoms with Gasteiger partial charge in [-0.1, -0.05) is 30.3 Å². The van der Waals surface area contributed by atoms with E-state index >= 15 is 0 Å². The predicted octanol–water partition coefficient (Wildman–Crippen LogP) is 2.38. The maximum absolute atomic E-state index is 12.4. The molecule has 0 fully saturated rings. The van der Waals surface area contributed by atoms with Crippen molar-refractivity contribution in [2.75, 3.05) is 20.8 Å². The molecule has 11 heteroatoms. The van der Waals surface area contributed by atoms with Crippen molar-refractivity contribution in [2.24, 2.45) is 0 Å². The molecule has 0 saturated heterocycles. The summed E-state index contributed by atoms with van der Waals surface area (Å²) < 4.78 is 19.9. The Hall–Kier alpha value is -4.33. The number of nitrogens with zero attached hydrogens (tertiary/aromatic N) is 2. The minimum atomic E-state index is -1.19. The van der Waals surface area contributed by atoms with Crippen molar-refractivity contribution in [3.63, 3.8) is 0 Å². The number of carbonyl (C=O) groups is 2. The van der Waals surface area contributed by atoms with E-state index in [4.69, 9.17) is 24.2 Å². The second-order valence-corrected chi connectivity index (χ2v) is 5.97. The van der Waals surface area contributed by atoms with Crippen LogP contribution in [-0.2, 0) is 16.0 Å². The number of nitriles is 1. The molecule has 11 nitrogen and oxygen atoms in total. The van der Waals surface area contributed by atoms with Crippen LogP contribution in [0.25, 0.3) is 0 Å². The van der Waals surface area contributed by atoms with Crippen LogP contribution in [0.15, 0.2) is 42.5 Å². The highest BCUT2D eigenvalue weighted by Crippen LogP contribution is 2.39. The molecule has 2 aromatic carbocycles. The van der Waals surface area contributed by atoms with Gasteiger partial charge in [0, 0.05) is 12.5 Å². The highest BCUT2D eigenvalue weighted by atomic mass is 16.6. The Balaban J connectivity index is 2.24. The van der Waals surface area contributed by atoms with Gasteiger partial charge in [-0.15, -0.1) is 0 Å². The zero-order chi connectivity index (χ0) is 22.8. The van der Waals surface area contributed by atoms with Crippen LogP contribution in [0, 0.1) is 21.4 Å². The molecule has 0 radical (unpaired) electrons. The van der Waals surface area contributed by atoms with Crippen LogP contribution >= 0.6 is 0 Å². The van der Waals surface area contributed by atoms with Crippen LogP contribution < -0.4 is 19.5 Å². The minimum Gasteiger partial charge on any atom is -0.493 e. The summed E-state index contributed by atoms with van der Waals surface area (Å²) in [5.41, 5.74) is 0.165. The lowest BCUT2D eigenvalue weighted by molar-refractivity contribution is -0.385. The lowest BCUT2D eigenvalue weighted by Crippen LogP contribution is -2.44. The summed E-state index contributed by atoms with van der Waals surface area (Å²) in [7, 11) is 2.62. The van der Waals surface area contributed by atoms with Gasteiger partial charge in [0.2, 0.25) is 5.75 Å². The third-order valence-electron chi connectivity index (χ3n) is 4.00. The number of nitro groups is 1. The highest BCUT2D eigenvalue weighted by Gasteiger charge is 2.27. The molecule has 0 aliphatic heterocycles.